The number of fused-ring (bicyclic) bond motifs is 1. The number of aliphatic hydroxyl groups excluding tert-OH is 1. The predicted molar refractivity (Wildman–Crippen MR) is 33.5 cm³/mol. The molecule has 10 heavy (non-hydrogen) atoms. The monoisotopic (exact) mass is 145 g/mol. The Labute approximate surface area is 58.9 Å². The van der Waals surface area contributed by atoms with Gasteiger partial charge >= 0.3 is 0 Å². The summed E-state index contributed by atoms with van der Waals surface area (Å²) in [5, 5.41) is 9.21. The maximum Gasteiger partial charge on any atom is 0.113 e. The van der Waals surface area contributed by atoms with Gasteiger partial charge in [0.2, 0.25) is 0 Å². The molecule has 0 spiro atoms. The van der Waals surface area contributed by atoms with Crippen LogP contribution in [0.4, 0.5) is 0 Å². The topological polar surface area (TPSA) is 64.7 Å². The minimum Gasteiger partial charge on any atom is -0.388 e. The lowest BCUT2D eigenvalue weighted by molar-refractivity contribution is 0.0182. The van der Waals surface area contributed by atoms with E-state index in [0.29, 0.717) is 13.2 Å². The van der Waals surface area contributed by atoms with Gasteiger partial charge in [0, 0.05) is 0 Å². The number of aliphatic hydroxyl groups is 1. The smallest absolute Gasteiger partial charge is 0.113 e. The van der Waals surface area contributed by atoms with E-state index in [0.717, 1.165) is 0 Å². The van der Waals surface area contributed by atoms with Crippen LogP contribution in [0.25, 0.3) is 0 Å². The molecule has 4 atom stereocenters. The third-order valence-electron chi connectivity index (χ3n) is 2.07. The Morgan fingerprint density at radius 2 is 1.90 bits per heavy atom. The van der Waals surface area contributed by atoms with Gasteiger partial charge in [-0.05, 0) is 0 Å². The van der Waals surface area contributed by atoms with Gasteiger partial charge < -0.3 is 20.3 Å². The fourth-order valence-corrected chi connectivity index (χ4v) is 1.51. The lowest BCUT2D eigenvalue weighted by atomic mass is 10.1. The van der Waals surface area contributed by atoms with E-state index < -0.39 is 6.10 Å². The molecule has 2 fully saturated rings. The van der Waals surface area contributed by atoms with Crippen LogP contribution in [0.5, 0.6) is 0 Å². The molecule has 0 radical (unpaired) electrons. The molecule has 2 aliphatic heterocycles. The third kappa shape index (κ3) is 0.769. The fraction of sp³-hybridized carbons (Fsp3) is 1.00. The summed E-state index contributed by atoms with van der Waals surface area (Å²) in [6.45, 7) is 0.870. The average Bonchev–Trinajstić information content (AvgIpc) is 2.41. The molecule has 2 aliphatic rings. The van der Waals surface area contributed by atoms with Crippen LogP contribution >= 0.6 is 0 Å². The summed E-state index contributed by atoms with van der Waals surface area (Å²) >= 11 is 0. The molecule has 4 heteroatoms. The van der Waals surface area contributed by atoms with Gasteiger partial charge in [-0.25, -0.2) is 0 Å². The number of hydrogen-bond acceptors (Lipinski definition) is 4. The van der Waals surface area contributed by atoms with Gasteiger partial charge in [0.15, 0.2) is 0 Å². The van der Waals surface area contributed by atoms with Crippen molar-refractivity contribution >= 4 is 0 Å². The van der Waals surface area contributed by atoms with Crippen LogP contribution in [0.15, 0.2) is 0 Å². The molecule has 0 aromatic carbocycles. The number of ether oxygens (including phenoxy) is 2. The minimum absolute atomic E-state index is 0.0536. The summed E-state index contributed by atoms with van der Waals surface area (Å²) in [7, 11) is 0. The molecule has 0 saturated carbocycles. The normalized spacial score (nSPS) is 53.4. The van der Waals surface area contributed by atoms with Crippen molar-refractivity contribution in [2.45, 2.75) is 24.4 Å². The SMILES string of the molecule is NC1CO[C@@H]2C(O)CO[C@H]12. The fourth-order valence-electron chi connectivity index (χ4n) is 1.51. The summed E-state index contributed by atoms with van der Waals surface area (Å²) in [4.78, 5) is 0. The first-order valence-corrected chi connectivity index (χ1v) is 3.46. The van der Waals surface area contributed by atoms with E-state index in [1.54, 1.807) is 0 Å². The second-order valence-corrected chi connectivity index (χ2v) is 2.83. The Hall–Kier alpha value is -0.160. The minimum atomic E-state index is -0.474. The van der Waals surface area contributed by atoms with Crippen molar-refractivity contribution in [1.29, 1.82) is 0 Å². The van der Waals surface area contributed by atoms with Gasteiger partial charge in [-0.3, -0.25) is 0 Å². The number of hydrogen-bond donors (Lipinski definition) is 2. The maximum atomic E-state index is 9.21. The van der Waals surface area contributed by atoms with E-state index in [9.17, 15) is 5.11 Å². The van der Waals surface area contributed by atoms with Crippen LogP contribution in [0.1, 0.15) is 0 Å². The van der Waals surface area contributed by atoms with Crippen molar-refractivity contribution in [3.63, 3.8) is 0 Å². The van der Waals surface area contributed by atoms with Crippen LogP contribution in [0.3, 0.4) is 0 Å². The Morgan fingerprint density at radius 3 is 2.60 bits per heavy atom. The second kappa shape index (κ2) is 2.17. The summed E-state index contributed by atoms with van der Waals surface area (Å²) in [6.07, 6.45) is -0.719. The highest BCUT2D eigenvalue weighted by Gasteiger charge is 2.45. The molecule has 2 heterocycles. The Morgan fingerprint density at radius 1 is 1.20 bits per heavy atom. The van der Waals surface area contributed by atoms with Crippen LogP contribution in [0, 0.1) is 0 Å². The molecule has 0 aromatic heterocycles. The van der Waals surface area contributed by atoms with Crippen molar-refractivity contribution < 1.29 is 14.6 Å². The molecular formula is C6H11NO3. The van der Waals surface area contributed by atoms with Crippen LogP contribution < -0.4 is 5.73 Å². The molecule has 2 unspecified atom stereocenters. The Balaban J connectivity index is 2.09. The summed E-state index contributed by atoms with van der Waals surface area (Å²) in [6, 6.07) is -0.0536. The molecule has 0 aromatic rings. The lowest BCUT2D eigenvalue weighted by Crippen LogP contribution is -2.36. The number of nitrogens with two attached hydrogens (primary N) is 1. The molecular weight excluding hydrogens is 134 g/mol. The molecule has 2 saturated heterocycles. The molecule has 0 bridgehead atoms. The van der Waals surface area contributed by atoms with Crippen LogP contribution in [-0.2, 0) is 9.47 Å². The van der Waals surface area contributed by atoms with Crippen molar-refractivity contribution in [2.75, 3.05) is 13.2 Å². The van der Waals surface area contributed by atoms with E-state index >= 15 is 0 Å². The largest absolute Gasteiger partial charge is 0.388 e. The molecule has 4 nitrogen and oxygen atoms in total. The highest BCUT2D eigenvalue weighted by Crippen LogP contribution is 2.25. The average molecular weight is 145 g/mol. The van der Waals surface area contributed by atoms with Crippen molar-refractivity contribution in [1.82, 2.24) is 0 Å². The zero-order valence-corrected chi connectivity index (χ0v) is 5.56. The third-order valence-corrected chi connectivity index (χ3v) is 2.07. The van der Waals surface area contributed by atoms with Gasteiger partial charge in [0.05, 0.1) is 19.3 Å². The lowest BCUT2D eigenvalue weighted by Gasteiger charge is -2.10. The van der Waals surface area contributed by atoms with Gasteiger partial charge in [0.1, 0.15) is 18.3 Å². The first kappa shape index (κ1) is 6.54. The summed E-state index contributed by atoms with van der Waals surface area (Å²) in [5.41, 5.74) is 5.62. The molecule has 2 rings (SSSR count). The Bertz CT molecular complexity index is 125. The van der Waals surface area contributed by atoms with Crippen molar-refractivity contribution in [3.8, 4) is 0 Å². The van der Waals surface area contributed by atoms with E-state index in [4.69, 9.17) is 15.2 Å². The van der Waals surface area contributed by atoms with Gasteiger partial charge in [-0.15, -0.1) is 0 Å². The molecule has 0 aliphatic carbocycles. The van der Waals surface area contributed by atoms with E-state index in [1.807, 2.05) is 0 Å². The van der Waals surface area contributed by atoms with Crippen molar-refractivity contribution in [3.05, 3.63) is 0 Å². The number of rotatable bonds is 0. The van der Waals surface area contributed by atoms with E-state index in [2.05, 4.69) is 0 Å². The highest BCUT2D eigenvalue weighted by atomic mass is 16.6. The van der Waals surface area contributed by atoms with Gasteiger partial charge in [0.25, 0.3) is 0 Å². The van der Waals surface area contributed by atoms with Crippen LogP contribution in [0.2, 0.25) is 0 Å². The maximum absolute atomic E-state index is 9.21. The first-order chi connectivity index (χ1) is 4.79. The van der Waals surface area contributed by atoms with E-state index in [1.165, 1.54) is 0 Å². The summed E-state index contributed by atoms with van der Waals surface area (Å²) < 4.78 is 10.4. The molecule has 58 valence electrons. The Kier molecular flexibility index (Phi) is 1.42. The standard InChI is InChI=1S/C6H11NO3/c7-3-1-9-6-4(8)2-10-5(3)6/h3-6,8H,1-2,7H2/t3?,4?,5-,6-/m1/s1. The van der Waals surface area contributed by atoms with E-state index in [-0.39, 0.29) is 18.2 Å². The highest BCUT2D eigenvalue weighted by molar-refractivity contribution is 4.95. The molecule has 3 N–H and O–H groups in total. The summed E-state index contributed by atoms with van der Waals surface area (Å²) in [5.74, 6) is 0. The predicted octanol–water partition coefficient (Wildman–Crippen LogP) is -1.53. The van der Waals surface area contributed by atoms with Crippen molar-refractivity contribution in [2.24, 2.45) is 5.73 Å². The van der Waals surface area contributed by atoms with Gasteiger partial charge in [-0.2, -0.15) is 0 Å². The zero-order valence-electron chi connectivity index (χ0n) is 5.56. The van der Waals surface area contributed by atoms with Gasteiger partial charge in [-0.1, -0.05) is 0 Å². The second-order valence-electron chi connectivity index (χ2n) is 2.83. The zero-order chi connectivity index (χ0) is 7.14. The quantitative estimate of drug-likeness (QED) is 0.434. The molecule has 0 amide bonds. The first-order valence-electron chi connectivity index (χ1n) is 3.46. The van der Waals surface area contributed by atoms with Crippen LogP contribution in [-0.4, -0.2) is 42.7 Å².